The maximum Gasteiger partial charge on any atom is 0.310 e. The predicted octanol–water partition coefficient (Wildman–Crippen LogP) is 3.73. The molecule has 0 saturated carbocycles. The molecule has 25 heavy (non-hydrogen) atoms. The first-order chi connectivity index (χ1) is 12.1. The van der Waals surface area contributed by atoms with Gasteiger partial charge in [-0.05, 0) is 37.5 Å². The Hall–Kier alpha value is -2.89. The van der Waals surface area contributed by atoms with Crippen molar-refractivity contribution < 1.29 is 14.5 Å². The van der Waals surface area contributed by atoms with Gasteiger partial charge >= 0.3 is 5.69 Å². The molecular formula is C19H20N2O4. The van der Waals surface area contributed by atoms with Gasteiger partial charge in [0.05, 0.1) is 11.5 Å². The minimum atomic E-state index is -0.469. The van der Waals surface area contributed by atoms with E-state index in [2.05, 4.69) is 6.07 Å². The number of amides is 1. The van der Waals surface area contributed by atoms with Gasteiger partial charge in [0.15, 0.2) is 5.75 Å². The van der Waals surface area contributed by atoms with Gasteiger partial charge in [0.25, 0.3) is 0 Å². The Morgan fingerprint density at radius 1 is 1.24 bits per heavy atom. The molecule has 1 aliphatic rings. The lowest BCUT2D eigenvalue weighted by Gasteiger charge is -2.22. The largest absolute Gasteiger partial charge is 0.487 e. The monoisotopic (exact) mass is 340 g/mol. The topological polar surface area (TPSA) is 72.7 Å². The first kappa shape index (κ1) is 17.0. The Labute approximate surface area is 146 Å². The average Bonchev–Trinajstić information content (AvgIpc) is 2.94. The third-order valence-electron chi connectivity index (χ3n) is 4.33. The van der Waals surface area contributed by atoms with Crippen LogP contribution < -0.4 is 9.64 Å². The van der Waals surface area contributed by atoms with Gasteiger partial charge < -0.3 is 9.64 Å². The summed E-state index contributed by atoms with van der Waals surface area (Å²) in [6.07, 6.45) is 1.73. The van der Waals surface area contributed by atoms with Gasteiger partial charge in [0, 0.05) is 24.2 Å². The number of hydrogen-bond donors (Lipinski definition) is 0. The van der Waals surface area contributed by atoms with Crippen molar-refractivity contribution in [3.63, 3.8) is 0 Å². The van der Waals surface area contributed by atoms with E-state index in [0.717, 1.165) is 12.1 Å². The number of nitro groups is 1. The number of fused-ring (bicyclic) bond motifs is 1. The van der Waals surface area contributed by atoms with E-state index >= 15 is 0 Å². The zero-order chi connectivity index (χ0) is 17.8. The Morgan fingerprint density at radius 3 is 2.76 bits per heavy atom. The van der Waals surface area contributed by atoms with Crippen molar-refractivity contribution in [2.45, 2.75) is 32.2 Å². The van der Waals surface area contributed by atoms with Gasteiger partial charge in [0.2, 0.25) is 5.91 Å². The molecule has 1 unspecified atom stereocenters. The maximum absolute atomic E-state index is 12.6. The Balaban J connectivity index is 1.55. The van der Waals surface area contributed by atoms with Crippen LogP contribution >= 0.6 is 0 Å². The van der Waals surface area contributed by atoms with Crippen LogP contribution in [0.2, 0.25) is 0 Å². The van der Waals surface area contributed by atoms with Crippen molar-refractivity contribution >= 4 is 17.3 Å². The summed E-state index contributed by atoms with van der Waals surface area (Å²) in [4.78, 5) is 24.9. The summed E-state index contributed by atoms with van der Waals surface area (Å²) < 4.78 is 5.50. The Kier molecular flexibility index (Phi) is 4.97. The average molecular weight is 340 g/mol. The molecule has 2 aromatic carbocycles. The molecule has 6 heteroatoms. The number of ether oxygens (including phenoxy) is 1. The standard InChI is InChI=1S/C19H20N2O4/c1-14-13-15-7-2-3-8-16(15)20(14)19(22)11-6-12-25-18-10-5-4-9-17(18)21(23)24/h2-5,7-10,14H,6,11-13H2,1H3. The van der Waals surface area contributed by atoms with Crippen LogP contribution in [0.5, 0.6) is 5.75 Å². The van der Waals surface area contributed by atoms with Crippen LogP contribution in [0.25, 0.3) is 0 Å². The summed E-state index contributed by atoms with van der Waals surface area (Å²) in [6, 6.07) is 14.4. The highest BCUT2D eigenvalue weighted by atomic mass is 16.6. The molecule has 0 saturated heterocycles. The van der Waals surface area contributed by atoms with Crippen molar-refractivity contribution in [2.75, 3.05) is 11.5 Å². The molecule has 0 spiro atoms. The van der Waals surface area contributed by atoms with Gasteiger partial charge in [-0.1, -0.05) is 30.3 Å². The number of nitrogens with zero attached hydrogens (tertiary/aromatic N) is 2. The minimum absolute atomic E-state index is 0.0589. The zero-order valence-corrected chi connectivity index (χ0v) is 14.1. The molecule has 0 bridgehead atoms. The molecule has 2 aromatic rings. The molecule has 1 aliphatic heterocycles. The van der Waals surface area contributed by atoms with Crippen LogP contribution in [0.15, 0.2) is 48.5 Å². The van der Waals surface area contributed by atoms with Crippen LogP contribution in [0.4, 0.5) is 11.4 Å². The number of carbonyl (C=O) groups excluding carboxylic acids is 1. The van der Waals surface area contributed by atoms with E-state index in [9.17, 15) is 14.9 Å². The highest BCUT2D eigenvalue weighted by Crippen LogP contribution is 2.32. The molecule has 1 heterocycles. The van der Waals surface area contributed by atoms with Crippen molar-refractivity contribution in [2.24, 2.45) is 0 Å². The second-order valence-corrected chi connectivity index (χ2v) is 6.12. The van der Waals surface area contributed by atoms with E-state index in [4.69, 9.17) is 4.74 Å². The first-order valence-corrected chi connectivity index (χ1v) is 8.34. The fraction of sp³-hybridized carbons (Fsp3) is 0.316. The molecule has 0 aromatic heterocycles. The quantitative estimate of drug-likeness (QED) is 0.456. The highest BCUT2D eigenvalue weighted by Gasteiger charge is 2.29. The first-order valence-electron chi connectivity index (χ1n) is 8.34. The minimum Gasteiger partial charge on any atom is -0.487 e. The Morgan fingerprint density at radius 2 is 1.96 bits per heavy atom. The zero-order valence-electron chi connectivity index (χ0n) is 14.1. The molecule has 6 nitrogen and oxygen atoms in total. The fourth-order valence-corrected chi connectivity index (χ4v) is 3.20. The molecule has 1 amide bonds. The van der Waals surface area contributed by atoms with Gasteiger partial charge in [-0.3, -0.25) is 14.9 Å². The molecule has 0 aliphatic carbocycles. The third-order valence-corrected chi connectivity index (χ3v) is 4.33. The lowest BCUT2D eigenvalue weighted by molar-refractivity contribution is -0.385. The summed E-state index contributed by atoms with van der Waals surface area (Å²) in [6.45, 7) is 2.31. The predicted molar refractivity (Wildman–Crippen MR) is 94.9 cm³/mol. The van der Waals surface area contributed by atoms with E-state index in [1.807, 2.05) is 30.0 Å². The fourth-order valence-electron chi connectivity index (χ4n) is 3.20. The number of rotatable bonds is 6. The van der Waals surface area contributed by atoms with E-state index in [0.29, 0.717) is 12.8 Å². The van der Waals surface area contributed by atoms with Gasteiger partial charge in [0.1, 0.15) is 0 Å². The van der Waals surface area contributed by atoms with Crippen LogP contribution in [-0.4, -0.2) is 23.5 Å². The summed E-state index contributed by atoms with van der Waals surface area (Å²) in [7, 11) is 0. The highest BCUT2D eigenvalue weighted by molar-refractivity contribution is 5.96. The third kappa shape index (κ3) is 3.63. The number of carbonyl (C=O) groups is 1. The molecule has 0 fully saturated rings. The number of anilines is 1. The molecule has 0 N–H and O–H groups in total. The molecular weight excluding hydrogens is 320 g/mol. The lowest BCUT2D eigenvalue weighted by Crippen LogP contribution is -2.35. The van der Waals surface area contributed by atoms with Crippen LogP contribution in [0.1, 0.15) is 25.3 Å². The summed E-state index contributed by atoms with van der Waals surface area (Å²) in [5.74, 6) is 0.295. The van der Waals surface area contributed by atoms with Gasteiger partial charge in [-0.2, -0.15) is 0 Å². The Bertz CT molecular complexity index is 790. The second kappa shape index (κ2) is 7.34. The number of para-hydroxylation sites is 3. The SMILES string of the molecule is CC1Cc2ccccc2N1C(=O)CCCOc1ccccc1[N+](=O)[O-]. The number of hydrogen-bond acceptors (Lipinski definition) is 4. The summed E-state index contributed by atoms with van der Waals surface area (Å²) >= 11 is 0. The summed E-state index contributed by atoms with van der Waals surface area (Å²) in [5.41, 5.74) is 2.12. The van der Waals surface area contributed by atoms with Crippen molar-refractivity contribution in [3.8, 4) is 5.75 Å². The maximum atomic E-state index is 12.6. The molecule has 1 atom stereocenters. The van der Waals surface area contributed by atoms with Crippen molar-refractivity contribution in [3.05, 3.63) is 64.2 Å². The molecule has 0 radical (unpaired) electrons. The molecule has 3 rings (SSSR count). The van der Waals surface area contributed by atoms with E-state index < -0.39 is 4.92 Å². The van der Waals surface area contributed by atoms with Crippen molar-refractivity contribution in [1.29, 1.82) is 0 Å². The smallest absolute Gasteiger partial charge is 0.310 e. The van der Waals surface area contributed by atoms with E-state index in [-0.39, 0.29) is 30.0 Å². The second-order valence-electron chi connectivity index (χ2n) is 6.12. The number of benzene rings is 2. The van der Waals surface area contributed by atoms with Gasteiger partial charge in [-0.15, -0.1) is 0 Å². The van der Waals surface area contributed by atoms with E-state index in [1.165, 1.54) is 11.6 Å². The van der Waals surface area contributed by atoms with Crippen molar-refractivity contribution in [1.82, 2.24) is 0 Å². The number of nitro benzene ring substituents is 1. The van der Waals surface area contributed by atoms with Crippen LogP contribution in [0, 0.1) is 10.1 Å². The van der Waals surface area contributed by atoms with Crippen LogP contribution in [-0.2, 0) is 11.2 Å². The lowest BCUT2D eigenvalue weighted by atomic mass is 10.1. The normalized spacial score (nSPS) is 15.7. The van der Waals surface area contributed by atoms with Crippen LogP contribution in [0.3, 0.4) is 0 Å². The van der Waals surface area contributed by atoms with Gasteiger partial charge in [-0.25, -0.2) is 0 Å². The summed E-state index contributed by atoms with van der Waals surface area (Å²) in [5, 5.41) is 11.0. The molecule has 130 valence electrons. The van der Waals surface area contributed by atoms with E-state index in [1.54, 1.807) is 18.2 Å².